The molecule has 0 saturated carbocycles. The first-order chi connectivity index (χ1) is 32.5. The number of hydrogen-bond donors (Lipinski definition) is 3. The molecule has 3 N–H and O–H groups in total. The van der Waals surface area contributed by atoms with Gasteiger partial charge in [-0.25, -0.2) is 9.97 Å². The fourth-order valence-electron chi connectivity index (χ4n) is 6.24. The molecular formula is C41H32N10O13S5. The van der Waals surface area contributed by atoms with Crippen LogP contribution in [0.25, 0.3) is 38.7 Å². The van der Waals surface area contributed by atoms with Gasteiger partial charge in [-0.15, -0.1) is 50.8 Å². The summed E-state index contributed by atoms with van der Waals surface area (Å²) in [6.07, 6.45) is 0.715. The molecule has 3 heterocycles. The predicted molar refractivity (Wildman–Crippen MR) is 250 cm³/mol. The van der Waals surface area contributed by atoms with Crippen molar-refractivity contribution in [1.82, 2.24) is 14.4 Å². The zero-order chi connectivity index (χ0) is 50.8. The van der Waals surface area contributed by atoms with Gasteiger partial charge in [0, 0.05) is 16.5 Å². The summed E-state index contributed by atoms with van der Waals surface area (Å²) >= 11 is 1.18. The number of thiazole rings is 1. The van der Waals surface area contributed by atoms with Crippen molar-refractivity contribution in [3.8, 4) is 23.2 Å². The van der Waals surface area contributed by atoms with Crippen molar-refractivity contribution in [2.75, 3.05) is 6.26 Å². The largest absolute Gasteiger partial charge is 0.493 e. The van der Waals surface area contributed by atoms with Crippen LogP contribution in [0.4, 0.5) is 32.9 Å². The van der Waals surface area contributed by atoms with E-state index in [-0.39, 0.29) is 16.5 Å². The highest BCUT2D eigenvalue weighted by Crippen LogP contribution is 2.42. The average molecular weight is 1030 g/mol. The number of azo groups is 3. The van der Waals surface area contributed by atoms with Crippen molar-refractivity contribution in [2.24, 2.45) is 30.7 Å². The SMILES string of the molecule is CS(=O)(=O)O.Cc1cc(N=Nc2c(C)c(C#N)c3nc4ccccc4n3c2O)c(C)cc1N=Nc1nc(-c2ccccc2)c(N=Nc2ccc3cccc(S(=O)(=O)O)c3c2)s1.O=S(=O)=O.O=S(=O)=O. The number of aromatic hydroxyl groups is 1. The number of para-hydroxylation sites is 2. The fourth-order valence-corrected chi connectivity index (χ4v) is 7.68. The minimum Gasteiger partial charge on any atom is -0.493 e. The molecule has 0 atom stereocenters. The van der Waals surface area contributed by atoms with Gasteiger partial charge in [0.15, 0.2) is 16.3 Å². The molecular weight excluding hydrogens is 1000 g/mol. The number of nitrogens with zero attached hydrogens (tertiary/aromatic N) is 10. The van der Waals surface area contributed by atoms with Gasteiger partial charge in [0.05, 0.1) is 34.4 Å². The van der Waals surface area contributed by atoms with Gasteiger partial charge in [0.1, 0.15) is 22.2 Å². The number of imidazole rings is 1. The standard InChI is InChI=1S/C40H28N10O4S2.CH4O3S.2O3S/c1-22-19-32(23(2)18-31(22)45-47-35-24(3)29(21-41)37-42-30-13-7-8-14-33(30)50(37)39(35)51)46-49-40-43-36(26-10-5-4-6-11-26)38(55-40)48-44-27-17-16-25-12-9-15-34(28(25)20-27)56(52,53)54;1-5(2,3)4;2*1-4(2)3/h4-20,51H,1-3H3,(H,52,53,54);1H3,(H,2,3,4);;. The lowest BCUT2D eigenvalue weighted by Gasteiger charge is -2.09. The van der Waals surface area contributed by atoms with Crippen LogP contribution in [-0.4, -0.2) is 76.9 Å². The smallest absolute Gasteiger partial charge is 0.425 e. The first kappa shape index (κ1) is 52.1. The molecule has 3 aromatic heterocycles. The molecule has 0 aliphatic carbocycles. The Bertz CT molecular complexity index is 3850. The average Bonchev–Trinajstić information content (AvgIpc) is 3.87. The van der Waals surface area contributed by atoms with Gasteiger partial charge in [-0.2, -0.15) is 27.2 Å². The molecule has 0 unspecified atom stereocenters. The Morgan fingerprint density at radius 1 is 0.696 bits per heavy atom. The normalized spacial score (nSPS) is 11.5. The number of hydrogen-bond acceptors (Lipinski definition) is 21. The van der Waals surface area contributed by atoms with Crippen LogP contribution in [0.2, 0.25) is 0 Å². The Hall–Kier alpha value is -7.91. The highest BCUT2D eigenvalue weighted by atomic mass is 32.2. The zero-order valence-corrected chi connectivity index (χ0v) is 39.8. The maximum Gasteiger partial charge on any atom is 0.425 e. The Morgan fingerprint density at radius 2 is 1.28 bits per heavy atom. The Labute approximate surface area is 398 Å². The first-order valence-corrected chi connectivity index (χ1v) is 25.0. The van der Waals surface area contributed by atoms with Gasteiger partial charge in [-0.05, 0) is 79.7 Å². The maximum absolute atomic E-state index is 12.0. The molecule has 354 valence electrons. The van der Waals surface area contributed by atoms with E-state index in [0.717, 1.165) is 16.7 Å². The predicted octanol–water partition coefficient (Wildman–Crippen LogP) is 9.26. The maximum atomic E-state index is 12.0. The van der Waals surface area contributed by atoms with E-state index in [0.29, 0.717) is 77.7 Å². The molecule has 0 aliphatic heterocycles. The summed E-state index contributed by atoms with van der Waals surface area (Å²) in [6, 6.07) is 32.1. The van der Waals surface area contributed by atoms with Crippen molar-refractivity contribution in [2.45, 2.75) is 25.7 Å². The van der Waals surface area contributed by atoms with E-state index in [1.165, 1.54) is 21.8 Å². The second-order valence-electron chi connectivity index (χ2n) is 13.9. The number of fused-ring (bicyclic) bond motifs is 4. The molecule has 0 radical (unpaired) electrons. The summed E-state index contributed by atoms with van der Waals surface area (Å²) in [4.78, 5) is 9.05. The Kier molecular flexibility index (Phi) is 16.8. The van der Waals surface area contributed by atoms with Crippen LogP contribution >= 0.6 is 11.3 Å². The molecule has 8 rings (SSSR count). The second kappa shape index (κ2) is 22.3. The topological polar surface area (TPSA) is 360 Å². The molecule has 0 aliphatic rings. The van der Waals surface area contributed by atoms with Gasteiger partial charge in [0.2, 0.25) is 11.0 Å². The number of benzene rings is 5. The molecule has 69 heavy (non-hydrogen) atoms. The quantitative estimate of drug-likeness (QED) is 0.0942. The van der Waals surface area contributed by atoms with Crippen LogP contribution in [0.3, 0.4) is 0 Å². The lowest BCUT2D eigenvalue weighted by Crippen LogP contribution is -1.98. The highest BCUT2D eigenvalue weighted by molar-refractivity contribution is 7.86. The zero-order valence-electron chi connectivity index (χ0n) is 35.8. The molecule has 0 amide bonds. The van der Waals surface area contributed by atoms with Crippen LogP contribution in [0.5, 0.6) is 5.88 Å². The summed E-state index contributed by atoms with van der Waals surface area (Å²) < 4.78 is 112. The number of aromatic nitrogens is 3. The minimum absolute atomic E-state index is 0.160. The lowest BCUT2D eigenvalue weighted by molar-refractivity contribution is 0.449. The van der Waals surface area contributed by atoms with Gasteiger partial charge in [0.25, 0.3) is 20.2 Å². The summed E-state index contributed by atoms with van der Waals surface area (Å²) in [5, 5.41) is 49.7. The van der Waals surface area contributed by atoms with Crippen LogP contribution in [0, 0.1) is 32.1 Å². The van der Waals surface area contributed by atoms with E-state index >= 15 is 0 Å². The van der Waals surface area contributed by atoms with Crippen LogP contribution in [-0.2, 0) is 41.5 Å². The number of rotatable bonds is 8. The summed E-state index contributed by atoms with van der Waals surface area (Å²) in [6.45, 7) is 5.42. The van der Waals surface area contributed by atoms with Crippen molar-refractivity contribution < 1.29 is 56.3 Å². The molecule has 23 nitrogen and oxygen atoms in total. The van der Waals surface area contributed by atoms with Crippen LogP contribution in [0.1, 0.15) is 22.3 Å². The highest BCUT2D eigenvalue weighted by Gasteiger charge is 2.21. The summed E-state index contributed by atoms with van der Waals surface area (Å²) in [7, 11) is -14.3. The van der Waals surface area contributed by atoms with Gasteiger partial charge in [-0.1, -0.05) is 72.0 Å². The van der Waals surface area contributed by atoms with Crippen molar-refractivity contribution >= 4 is 113 Å². The van der Waals surface area contributed by atoms with Crippen LogP contribution < -0.4 is 0 Å². The van der Waals surface area contributed by atoms with E-state index < -0.39 is 41.5 Å². The third kappa shape index (κ3) is 13.8. The van der Waals surface area contributed by atoms with E-state index in [1.54, 1.807) is 37.3 Å². The molecule has 8 aromatic rings. The molecule has 0 fully saturated rings. The van der Waals surface area contributed by atoms with Crippen molar-refractivity contribution in [3.63, 3.8) is 0 Å². The first-order valence-electron chi connectivity index (χ1n) is 18.9. The molecule has 0 saturated heterocycles. The van der Waals surface area contributed by atoms with Crippen LogP contribution in [0.15, 0.2) is 139 Å². The van der Waals surface area contributed by atoms with Gasteiger partial charge >= 0.3 is 21.2 Å². The van der Waals surface area contributed by atoms with Gasteiger partial charge in [-0.3, -0.25) is 13.5 Å². The third-order valence-electron chi connectivity index (χ3n) is 9.07. The monoisotopic (exact) mass is 1030 g/mol. The second-order valence-corrected chi connectivity index (χ2v) is 18.5. The van der Waals surface area contributed by atoms with E-state index in [4.69, 9.17) is 34.8 Å². The third-order valence-corrected chi connectivity index (χ3v) is 10.8. The number of nitriles is 1. The molecule has 28 heteroatoms. The molecule has 0 bridgehead atoms. The number of aryl methyl sites for hydroxylation is 2. The summed E-state index contributed by atoms with van der Waals surface area (Å²) in [5.74, 6) is -0.172. The summed E-state index contributed by atoms with van der Waals surface area (Å²) in [5.41, 5.74) is 6.84. The van der Waals surface area contributed by atoms with Crippen molar-refractivity contribution in [1.29, 1.82) is 5.26 Å². The van der Waals surface area contributed by atoms with Gasteiger partial charge < -0.3 is 5.11 Å². The van der Waals surface area contributed by atoms with E-state index in [1.807, 2.05) is 80.6 Å². The van der Waals surface area contributed by atoms with Crippen molar-refractivity contribution in [3.05, 3.63) is 125 Å². The van der Waals surface area contributed by atoms with E-state index in [9.17, 15) is 31.8 Å². The Balaban J connectivity index is 0.000000608. The number of pyridine rings is 1. The minimum atomic E-state index is -4.46. The fraction of sp³-hybridized carbons (Fsp3) is 0.0976. The lowest BCUT2D eigenvalue weighted by atomic mass is 10.1. The Morgan fingerprint density at radius 3 is 1.87 bits per heavy atom. The molecule has 5 aromatic carbocycles. The van der Waals surface area contributed by atoms with E-state index in [2.05, 4.69) is 41.7 Å². The molecule has 0 spiro atoms.